The Morgan fingerprint density at radius 3 is 2.33 bits per heavy atom. The van der Waals surface area contributed by atoms with E-state index in [0.29, 0.717) is 16.7 Å². The van der Waals surface area contributed by atoms with Crippen LogP contribution in [0.2, 0.25) is 0 Å². The summed E-state index contributed by atoms with van der Waals surface area (Å²) >= 11 is 0. The number of benzene rings is 2. The lowest BCUT2D eigenvalue weighted by Crippen LogP contribution is -1.96. The Morgan fingerprint density at radius 2 is 1.72 bits per heavy atom. The molecule has 1 unspecified atom stereocenters. The largest absolute Gasteiger partial charge is 0.507 e. The fourth-order valence-electron chi connectivity index (χ4n) is 1.93. The Labute approximate surface area is 105 Å². The average molecular weight is 242 g/mol. The zero-order valence-electron chi connectivity index (χ0n) is 10.00. The van der Waals surface area contributed by atoms with Crippen LogP contribution in [0.3, 0.4) is 0 Å². The van der Waals surface area contributed by atoms with Crippen LogP contribution in [0.25, 0.3) is 11.1 Å². The molecule has 0 amide bonds. The highest BCUT2D eigenvalue weighted by Crippen LogP contribution is 2.41. The SMILES string of the molecule is CC(C=O)c1ccc(O)c(-c2ccccc2)c1O. The van der Waals surface area contributed by atoms with Crippen LogP contribution >= 0.6 is 0 Å². The molecule has 3 heteroatoms. The number of rotatable bonds is 3. The van der Waals surface area contributed by atoms with Crippen molar-refractivity contribution in [2.45, 2.75) is 12.8 Å². The van der Waals surface area contributed by atoms with Gasteiger partial charge in [0.05, 0.1) is 5.56 Å². The standard InChI is InChI=1S/C15H14O3/c1-10(9-16)12-7-8-13(17)14(15(12)18)11-5-3-2-4-6-11/h2-10,17-18H,1H3. The first-order chi connectivity index (χ1) is 8.65. The number of hydrogen-bond donors (Lipinski definition) is 2. The molecular weight excluding hydrogens is 228 g/mol. The third-order valence-corrected chi connectivity index (χ3v) is 2.94. The molecule has 0 saturated carbocycles. The van der Waals surface area contributed by atoms with Gasteiger partial charge in [-0.1, -0.05) is 43.3 Å². The monoisotopic (exact) mass is 242 g/mol. The van der Waals surface area contributed by atoms with E-state index < -0.39 is 5.92 Å². The van der Waals surface area contributed by atoms with Gasteiger partial charge in [-0.15, -0.1) is 0 Å². The summed E-state index contributed by atoms with van der Waals surface area (Å²) in [4.78, 5) is 10.8. The molecule has 2 aromatic carbocycles. The van der Waals surface area contributed by atoms with Crippen LogP contribution in [-0.4, -0.2) is 16.5 Å². The van der Waals surface area contributed by atoms with E-state index in [1.165, 1.54) is 6.07 Å². The number of phenols is 2. The zero-order valence-corrected chi connectivity index (χ0v) is 10.00. The zero-order chi connectivity index (χ0) is 13.1. The smallest absolute Gasteiger partial charge is 0.131 e. The number of phenolic OH excluding ortho intramolecular Hbond substituents is 2. The van der Waals surface area contributed by atoms with Crippen LogP contribution in [-0.2, 0) is 4.79 Å². The van der Waals surface area contributed by atoms with Gasteiger partial charge in [0.25, 0.3) is 0 Å². The van der Waals surface area contributed by atoms with Crippen LogP contribution in [0.5, 0.6) is 11.5 Å². The van der Waals surface area contributed by atoms with Gasteiger partial charge in [0.2, 0.25) is 0 Å². The second kappa shape index (κ2) is 4.92. The van der Waals surface area contributed by atoms with Crippen molar-refractivity contribution in [2.24, 2.45) is 0 Å². The molecule has 2 aromatic rings. The predicted octanol–water partition coefficient (Wildman–Crippen LogP) is 3.07. The molecule has 0 heterocycles. The second-order valence-corrected chi connectivity index (χ2v) is 4.19. The lowest BCUT2D eigenvalue weighted by atomic mass is 9.94. The van der Waals surface area contributed by atoms with E-state index in [0.717, 1.165) is 6.29 Å². The van der Waals surface area contributed by atoms with E-state index in [4.69, 9.17) is 0 Å². The Hall–Kier alpha value is -2.29. The maximum atomic E-state index is 10.8. The van der Waals surface area contributed by atoms with Crippen LogP contribution in [0.4, 0.5) is 0 Å². The number of carbonyl (C=O) groups excluding carboxylic acids is 1. The molecule has 3 nitrogen and oxygen atoms in total. The second-order valence-electron chi connectivity index (χ2n) is 4.19. The van der Waals surface area contributed by atoms with Gasteiger partial charge in [0.1, 0.15) is 17.8 Å². The molecule has 18 heavy (non-hydrogen) atoms. The van der Waals surface area contributed by atoms with Crippen molar-refractivity contribution in [3.8, 4) is 22.6 Å². The highest BCUT2D eigenvalue weighted by atomic mass is 16.3. The molecule has 0 bridgehead atoms. The van der Waals surface area contributed by atoms with Crippen LogP contribution in [0.1, 0.15) is 18.4 Å². The Morgan fingerprint density at radius 1 is 1.06 bits per heavy atom. The van der Waals surface area contributed by atoms with Crippen molar-refractivity contribution in [3.05, 3.63) is 48.0 Å². The van der Waals surface area contributed by atoms with E-state index >= 15 is 0 Å². The average Bonchev–Trinajstić information content (AvgIpc) is 2.39. The normalized spacial score (nSPS) is 12.1. The molecule has 0 aliphatic rings. The summed E-state index contributed by atoms with van der Waals surface area (Å²) in [5.74, 6) is -0.450. The fourth-order valence-corrected chi connectivity index (χ4v) is 1.93. The molecule has 1 atom stereocenters. The summed E-state index contributed by atoms with van der Waals surface area (Å²) in [6.07, 6.45) is 0.765. The minimum Gasteiger partial charge on any atom is -0.507 e. The van der Waals surface area contributed by atoms with Crippen molar-refractivity contribution in [1.82, 2.24) is 0 Å². The number of aldehydes is 1. The molecule has 0 aliphatic carbocycles. The maximum absolute atomic E-state index is 10.8. The topological polar surface area (TPSA) is 57.5 Å². The predicted molar refractivity (Wildman–Crippen MR) is 69.7 cm³/mol. The van der Waals surface area contributed by atoms with Gasteiger partial charge in [-0.05, 0) is 11.6 Å². The summed E-state index contributed by atoms with van der Waals surface area (Å²) < 4.78 is 0. The summed E-state index contributed by atoms with van der Waals surface area (Å²) in [6, 6.07) is 12.2. The van der Waals surface area contributed by atoms with E-state index in [-0.39, 0.29) is 11.5 Å². The molecule has 0 radical (unpaired) electrons. The molecule has 0 aromatic heterocycles. The van der Waals surface area contributed by atoms with Gasteiger partial charge in [0, 0.05) is 11.5 Å². The Balaban J connectivity index is 2.64. The van der Waals surface area contributed by atoms with Crippen molar-refractivity contribution >= 4 is 6.29 Å². The van der Waals surface area contributed by atoms with Crippen molar-refractivity contribution in [1.29, 1.82) is 0 Å². The quantitative estimate of drug-likeness (QED) is 0.813. The third kappa shape index (κ3) is 2.07. The van der Waals surface area contributed by atoms with Gasteiger partial charge in [0.15, 0.2) is 0 Å². The molecule has 0 spiro atoms. The summed E-state index contributed by atoms with van der Waals surface area (Å²) in [5, 5.41) is 20.1. The number of hydrogen-bond acceptors (Lipinski definition) is 3. The Kier molecular flexibility index (Phi) is 3.33. The first-order valence-electron chi connectivity index (χ1n) is 5.70. The molecule has 92 valence electrons. The van der Waals surface area contributed by atoms with Crippen LogP contribution < -0.4 is 0 Å². The van der Waals surface area contributed by atoms with Crippen LogP contribution in [0, 0.1) is 0 Å². The molecule has 2 N–H and O–H groups in total. The van der Waals surface area contributed by atoms with Crippen molar-refractivity contribution in [2.75, 3.05) is 0 Å². The van der Waals surface area contributed by atoms with Gasteiger partial charge in [-0.25, -0.2) is 0 Å². The van der Waals surface area contributed by atoms with Crippen molar-refractivity contribution < 1.29 is 15.0 Å². The van der Waals surface area contributed by atoms with Crippen LogP contribution in [0.15, 0.2) is 42.5 Å². The third-order valence-electron chi connectivity index (χ3n) is 2.94. The van der Waals surface area contributed by atoms with E-state index in [1.807, 2.05) is 18.2 Å². The first kappa shape index (κ1) is 12.2. The van der Waals surface area contributed by atoms with Crippen molar-refractivity contribution in [3.63, 3.8) is 0 Å². The molecule has 0 saturated heterocycles. The fraction of sp³-hybridized carbons (Fsp3) is 0.133. The molecule has 0 fully saturated rings. The maximum Gasteiger partial charge on any atom is 0.131 e. The summed E-state index contributed by atoms with van der Waals surface area (Å²) in [7, 11) is 0. The minimum atomic E-state index is -0.409. The van der Waals surface area contributed by atoms with E-state index in [2.05, 4.69) is 0 Å². The van der Waals surface area contributed by atoms with Gasteiger partial charge >= 0.3 is 0 Å². The first-order valence-corrected chi connectivity index (χ1v) is 5.70. The van der Waals surface area contributed by atoms with E-state index in [1.54, 1.807) is 25.1 Å². The van der Waals surface area contributed by atoms with E-state index in [9.17, 15) is 15.0 Å². The summed E-state index contributed by atoms with van der Waals surface area (Å²) in [6.45, 7) is 1.70. The lowest BCUT2D eigenvalue weighted by molar-refractivity contribution is -0.108. The molecule has 2 rings (SSSR count). The van der Waals surface area contributed by atoms with Gasteiger partial charge < -0.3 is 15.0 Å². The molecular formula is C15H14O3. The highest BCUT2D eigenvalue weighted by Gasteiger charge is 2.17. The highest BCUT2D eigenvalue weighted by molar-refractivity contribution is 5.79. The Bertz CT molecular complexity index is 561. The minimum absolute atomic E-state index is 0.000508. The molecule has 0 aliphatic heterocycles. The van der Waals surface area contributed by atoms with Gasteiger partial charge in [-0.3, -0.25) is 0 Å². The summed E-state index contributed by atoms with van der Waals surface area (Å²) in [5.41, 5.74) is 1.59. The van der Waals surface area contributed by atoms with Gasteiger partial charge in [-0.2, -0.15) is 0 Å². The lowest BCUT2D eigenvalue weighted by Gasteiger charge is -2.13. The number of aromatic hydroxyl groups is 2. The number of carbonyl (C=O) groups is 1.